The quantitative estimate of drug-likeness (QED) is 0.270. The van der Waals surface area contributed by atoms with E-state index in [9.17, 15) is 9.59 Å². The number of benzene rings is 1. The van der Waals surface area contributed by atoms with Gasteiger partial charge in [-0.3, -0.25) is 4.79 Å². The number of rotatable bonds is 5. The Morgan fingerprint density at radius 3 is 2.33 bits per heavy atom. The van der Waals surface area contributed by atoms with Gasteiger partial charge in [0.05, 0.1) is 0 Å². The molecule has 0 heterocycles. The van der Waals surface area contributed by atoms with Gasteiger partial charge in [-0.25, -0.2) is 4.79 Å². The number of carbonyl (C=O) groups excluding carboxylic acids is 2. The highest BCUT2D eigenvalue weighted by Gasteiger charge is 2.13. The molecule has 0 amide bonds. The number of thioether (sulfide) groups is 1. The SMILES string of the molecule is CCC(=NOC(C)=O)C(=O)c1ccc(SC)cc1. The van der Waals surface area contributed by atoms with Crippen LogP contribution in [0, 0.1) is 0 Å². The number of nitrogens with zero attached hydrogens (tertiary/aromatic N) is 1. The van der Waals surface area contributed by atoms with E-state index in [0.717, 1.165) is 4.90 Å². The highest BCUT2D eigenvalue weighted by Crippen LogP contribution is 2.15. The normalized spacial score (nSPS) is 11.2. The minimum absolute atomic E-state index is 0.216. The first kappa shape index (κ1) is 14.4. The van der Waals surface area contributed by atoms with Gasteiger partial charge >= 0.3 is 5.97 Å². The van der Waals surface area contributed by atoms with Gasteiger partial charge in [0.15, 0.2) is 0 Å². The van der Waals surface area contributed by atoms with Crippen LogP contribution in [-0.2, 0) is 9.63 Å². The van der Waals surface area contributed by atoms with Crippen molar-refractivity contribution in [3.63, 3.8) is 0 Å². The summed E-state index contributed by atoms with van der Waals surface area (Å²) in [6.45, 7) is 3.03. The molecule has 0 spiro atoms. The Morgan fingerprint density at radius 1 is 1.28 bits per heavy atom. The van der Waals surface area contributed by atoms with Crippen molar-refractivity contribution in [3.05, 3.63) is 29.8 Å². The van der Waals surface area contributed by atoms with E-state index >= 15 is 0 Å². The first-order valence-electron chi connectivity index (χ1n) is 5.51. The molecule has 0 unspecified atom stereocenters. The van der Waals surface area contributed by atoms with Gasteiger partial charge in [0, 0.05) is 17.4 Å². The molecule has 0 saturated carbocycles. The van der Waals surface area contributed by atoms with Gasteiger partial charge in [0.2, 0.25) is 5.78 Å². The van der Waals surface area contributed by atoms with Gasteiger partial charge < -0.3 is 4.84 Å². The fraction of sp³-hybridized carbons (Fsp3) is 0.308. The molecule has 0 saturated heterocycles. The van der Waals surface area contributed by atoms with E-state index in [2.05, 4.69) is 9.99 Å². The number of oxime groups is 1. The van der Waals surface area contributed by atoms with Gasteiger partial charge in [-0.2, -0.15) is 0 Å². The minimum atomic E-state index is -0.536. The van der Waals surface area contributed by atoms with Gasteiger partial charge in [0.25, 0.3) is 0 Å². The number of hydrogen-bond acceptors (Lipinski definition) is 5. The Hall–Kier alpha value is -1.62. The summed E-state index contributed by atoms with van der Waals surface area (Å²) in [6, 6.07) is 7.23. The first-order valence-corrected chi connectivity index (χ1v) is 6.74. The molecule has 0 aliphatic carbocycles. The van der Waals surface area contributed by atoms with E-state index in [-0.39, 0.29) is 11.5 Å². The summed E-state index contributed by atoms with van der Waals surface area (Å²) < 4.78 is 0. The van der Waals surface area contributed by atoms with Crippen LogP contribution < -0.4 is 0 Å². The zero-order valence-electron chi connectivity index (χ0n) is 10.6. The van der Waals surface area contributed by atoms with Gasteiger partial charge in [0.1, 0.15) is 5.71 Å². The van der Waals surface area contributed by atoms with Gasteiger partial charge in [-0.05, 0) is 36.9 Å². The molecule has 1 rings (SSSR count). The molecule has 0 atom stereocenters. The van der Waals surface area contributed by atoms with Crippen LogP contribution in [0.3, 0.4) is 0 Å². The lowest BCUT2D eigenvalue weighted by Crippen LogP contribution is -2.14. The van der Waals surface area contributed by atoms with Gasteiger partial charge in [-0.15, -0.1) is 11.8 Å². The topological polar surface area (TPSA) is 55.7 Å². The number of ketones is 1. The highest BCUT2D eigenvalue weighted by atomic mass is 32.2. The fourth-order valence-corrected chi connectivity index (χ4v) is 1.70. The van der Waals surface area contributed by atoms with Crippen LogP contribution in [0.25, 0.3) is 0 Å². The van der Waals surface area contributed by atoms with Gasteiger partial charge in [-0.1, -0.05) is 12.1 Å². The maximum absolute atomic E-state index is 12.1. The molecule has 0 aromatic heterocycles. The second kappa shape index (κ2) is 6.96. The van der Waals surface area contributed by atoms with E-state index < -0.39 is 5.97 Å². The van der Waals surface area contributed by atoms with Crippen LogP contribution in [0.5, 0.6) is 0 Å². The number of hydrogen-bond donors (Lipinski definition) is 0. The van der Waals surface area contributed by atoms with Crippen LogP contribution in [0.15, 0.2) is 34.3 Å². The Balaban J connectivity index is 2.89. The zero-order chi connectivity index (χ0) is 13.5. The van der Waals surface area contributed by atoms with Crippen molar-refractivity contribution in [1.29, 1.82) is 0 Å². The summed E-state index contributed by atoms with van der Waals surface area (Å²) >= 11 is 1.61. The molecule has 0 aliphatic rings. The second-order valence-corrected chi connectivity index (χ2v) is 4.41. The Morgan fingerprint density at radius 2 is 1.89 bits per heavy atom. The summed E-state index contributed by atoms with van der Waals surface area (Å²) in [6.07, 6.45) is 2.38. The molecular weight excluding hydrogens is 250 g/mol. The summed E-state index contributed by atoms with van der Waals surface area (Å²) in [4.78, 5) is 28.3. The van der Waals surface area contributed by atoms with Crippen LogP contribution in [0.2, 0.25) is 0 Å². The van der Waals surface area contributed by atoms with E-state index in [4.69, 9.17) is 0 Å². The Kier molecular flexibility index (Phi) is 5.58. The third-order valence-corrected chi connectivity index (χ3v) is 2.98. The first-order chi connectivity index (χ1) is 8.58. The standard InChI is InChI=1S/C13H15NO3S/c1-4-12(14-17-9(2)15)13(16)10-5-7-11(18-3)8-6-10/h5-8H,4H2,1-3H3. The molecule has 1 aromatic carbocycles. The number of Topliss-reactive ketones (excluding diaryl/α,β-unsaturated/α-hetero) is 1. The van der Waals surface area contributed by atoms with Crippen LogP contribution >= 0.6 is 11.8 Å². The van der Waals surface area contributed by atoms with Crippen molar-refractivity contribution in [1.82, 2.24) is 0 Å². The molecular formula is C13H15NO3S. The van der Waals surface area contributed by atoms with Crippen molar-refractivity contribution in [3.8, 4) is 0 Å². The highest BCUT2D eigenvalue weighted by molar-refractivity contribution is 7.98. The molecule has 96 valence electrons. The second-order valence-electron chi connectivity index (χ2n) is 3.53. The largest absolute Gasteiger partial charge is 0.331 e. The van der Waals surface area contributed by atoms with Crippen molar-refractivity contribution in [2.24, 2.45) is 5.16 Å². The lowest BCUT2D eigenvalue weighted by atomic mass is 10.1. The lowest BCUT2D eigenvalue weighted by molar-refractivity contribution is -0.140. The smallest absolute Gasteiger partial charge is 0.318 e. The van der Waals surface area contributed by atoms with Crippen molar-refractivity contribution in [2.75, 3.05) is 6.26 Å². The van der Waals surface area contributed by atoms with Crippen molar-refractivity contribution >= 4 is 29.2 Å². The van der Waals surface area contributed by atoms with Crippen LogP contribution in [-0.4, -0.2) is 23.7 Å². The number of carbonyl (C=O) groups is 2. The monoisotopic (exact) mass is 265 g/mol. The fourth-order valence-electron chi connectivity index (χ4n) is 1.29. The predicted molar refractivity (Wildman–Crippen MR) is 72.0 cm³/mol. The average Bonchev–Trinajstić information content (AvgIpc) is 2.39. The Bertz CT molecular complexity index is 466. The summed E-state index contributed by atoms with van der Waals surface area (Å²) in [5, 5.41) is 3.57. The molecule has 0 N–H and O–H groups in total. The lowest BCUT2D eigenvalue weighted by Gasteiger charge is -2.03. The molecule has 0 bridgehead atoms. The maximum Gasteiger partial charge on any atom is 0.331 e. The third kappa shape index (κ3) is 4.00. The zero-order valence-corrected chi connectivity index (χ0v) is 11.4. The average molecular weight is 265 g/mol. The maximum atomic E-state index is 12.1. The van der Waals surface area contributed by atoms with E-state index in [0.29, 0.717) is 12.0 Å². The van der Waals surface area contributed by atoms with E-state index in [1.807, 2.05) is 18.4 Å². The van der Waals surface area contributed by atoms with E-state index in [1.165, 1.54) is 6.92 Å². The van der Waals surface area contributed by atoms with Crippen LogP contribution in [0.4, 0.5) is 0 Å². The minimum Gasteiger partial charge on any atom is -0.318 e. The molecule has 0 fully saturated rings. The summed E-state index contributed by atoms with van der Waals surface area (Å²) in [5.74, 6) is -0.752. The molecule has 5 heteroatoms. The predicted octanol–water partition coefficient (Wildman–Crippen LogP) is 2.92. The summed E-state index contributed by atoms with van der Waals surface area (Å²) in [7, 11) is 0. The molecule has 0 radical (unpaired) electrons. The van der Waals surface area contributed by atoms with Crippen molar-refractivity contribution < 1.29 is 14.4 Å². The third-order valence-electron chi connectivity index (χ3n) is 2.23. The molecule has 0 aliphatic heterocycles. The molecule has 18 heavy (non-hydrogen) atoms. The van der Waals surface area contributed by atoms with E-state index in [1.54, 1.807) is 30.8 Å². The molecule has 4 nitrogen and oxygen atoms in total. The molecule has 1 aromatic rings. The van der Waals surface area contributed by atoms with Crippen LogP contribution in [0.1, 0.15) is 30.6 Å². The van der Waals surface area contributed by atoms with Crippen molar-refractivity contribution in [2.45, 2.75) is 25.2 Å². The summed E-state index contributed by atoms with van der Waals surface area (Å²) in [5.41, 5.74) is 0.780. The Labute approximate surface area is 110 Å².